The smallest absolute Gasteiger partial charge is 0.0962 e. The number of aromatic nitrogens is 3. The lowest BCUT2D eigenvalue weighted by Crippen LogP contribution is -2.19. The van der Waals surface area contributed by atoms with Crippen LogP contribution in [0.4, 0.5) is 0 Å². The summed E-state index contributed by atoms with van der Waals surface area (Å²) in [5, 5.41) is 11.1. The van der Waals surface area contributed by atoms with Gasteiger partial charge in [-0.15, -0.1) is 5.10 Å². The number of furan rings is 1. The van der Waals surface area contributed by atoms with Gasteiger partial charge in [-0.05, 0) is 6.07 Å². The van der Waals surface area contributed by atoms with Crippen LogP contribution in [0.1, 0.15) is 11.3 Å². The van der Waals surface area contributed by atoms with E-state index in [4.69, 9.17) is 10.2 Å². The van der Waals surface area contributed by atoms with Crippen LogP contribution >= 0.6 is 0 Å². The van der Waals surface area contributed by atoms with Gasteiger partial charge in [0.15, 0.2) is 0 Å². The first-order chi connectivity index (χ1) is 7.88. The normalized spacial score (nSPS) is 10.8. The Kier molecular flexibility index (Phi) is 3.68. The van der Waals surface area contributed by atoms with Gasteiger partial charge in [-0.2, -0.15) is 0 Å². The Hall–Kier alpha value is -1.66. The molecule has 2 aromatic rings. The van der Waals surface area contributed by atoms with Crippen LogP contribution in [0.5, 0.6) is 0 Å². The Bertz CT molecular complexity index is 409. The number of nitrogens with zero attached hydrogens (tertiary/aromatic N) is 3. The van der Waals surface area contributed by atoms with E-state index in [1.54, 1.807) is 17.2 Å². The summed E-state index contributed by atoms with van der Waals surface area (Å²) >= 11 is 0. The second kappa shape index (κ2) is 5.43. The number of rotatable bonds is 6. The van der Waals surface area contributed by atoms with Crippen molar-refractivity contribution in [3.63, 3.8) is 0 Å². The number of nitrogens with two attached hydrogens (primary N) is 1. The molecule has 6 nitrogen and oxygen atoms in total. The third-order valence-corrected chi connectivity index (χ3v) is 2.22. The summed E-state index contributed by atoms with van der Waals surface area (Å²) in [6, 6.07) is 1.94. The molecule has 0 spiro atoms. The van der Waals surface area contributed by atoms with Gasteiger partial charge in [0.05, 0.1) is 24.8 Å². The summed E-state index contributed by atoms with van der Waals surface area (Å²) in [5.41, 5.74) is 7.39. The first kappa shape index (κ1) is 10.8. The molecular formula is C10H15N5O. The highest BCUT2D eigenvalue weighted by atomic mass is 16.3. The maximum absolute atomic E-state index is 5.44. The molecule has 0 aromatic carbocycles. The predicted octanol–water partition coefficient (Wildman–Crippen LogP) is 0.120. The third kappa shape index (κ3) is 2.91. The fraction of sp³-hybridized carbons (Fsp3) is 0.400. The molecule has 0 unspecified atom stereocenters. The average molecular weight is 221 g/mol. The van der Waals surface area contributed by atoms with Gasteiger partial charge in [0.1, 0.15) is 0 Å². The van der Waals surface area contributed by atoms with Crippen LogP contribution in [0.15, 0.2) is 29.2 Å². The SMILES string of the molecule is NCc1cn(CCNCc2ccoc2)nn1. The van der Waals surface area contributed by atoms with Gasteiger partial charge < -0.3 is 15.5 Å². The molecule has 2 heterocycles. The summed E-state index contributed by atoms with van der Waals surface area (Å²) in [5.74, 6) is 0. The molecule has 0 atom stereocenters. The van der Waals surface area contributed by atoms with Crippen molar-refractivity contribution in [1.29, 1.82) is 0 Å². The van der Waals surface area contributed by atoms with E-state index in [1.807, 2.05) is 12.3 Å². The zero-order chi connectivity index (χ0) is 11.2. The van der Waals surface area contributed by atoms with E-state index in [0.29, 0.717) is 6.54 Å². The number of hydrogen-bond acceptors (Lipinski definition) is 5. The van der Waals surface area contributed by atoms with Gasteiger partial charge in [0.2, 0.25) is 0 Å². The second-order valence-corrected chi connectivity index (χ2v) is 3.49. The zero-order valence-electron chi connectivity index (χ0n) is 8.97. The molecule has 16 heavy (non-hydrogen) atoms. The molecule has 0 amide bonds. The highest BCUT2D eigenvalue weighted by Gasteiger charge is 1.98. The lowest BCUT2D eigenvalue weighted by molar-refractivity contribution is 0.533. The first-order valence-corrected chi connectivity index (χ1v) is 5.19. The minimum atomic E-state index is 0.433. The van der Waals surface area contributed by atoms with Crippen molar-refractivity contribution in [2.45, 2.75) is 19.6 Å². The molecule has 86 valence electrons. The van der Waals surface area contributed by atoms with Crippen LogP contribution in [0.2, 0.25) is 0 Å². The van der Waals surface area contributed by atoms with Crippen molar-refractivity contribution in [2.24, 2.45) is 5.73 Å². The molecule has 3 N–H and O–H groups in total. The number of hydrogen-bond donors (Lipinski definition) is 2. The molecule has 2 rings (SSSR count). The maximum atomic E-state index is 5.44. The fourth-order valence-electron chi connectivity index (χ4n) is 1.36. The van der Waals surface area contributed by atoms with E-state index in [-0.39, 0.29) is 0 Å². The second-order valence-electron chi connectivity index (χ2n) is 3.49. The molecule has 0 aliphatic heterocycles. The topological polar surface area (TPSA) is 81.9 Å². The van der Waals surface area contributed by atoms with Crippen LogP contribution < -0.4 is 11.1 Å². The Morgan fingerprint density at radius 1 is 1.50 bits per heavy atom. The Labute approximate surface area is 93.4 Å². The van der Waals surface area contributed by atoms with Crippen molar-refractivity contribution in [1.82, 2.24) is 20.3 Å². The first-order valence-electron chi connectivity index (χ1n) is 5.19. The van der Waals surface area contributed by atoms with Gasteiger partial charge in [-0.1, -0.05) is 5.21 Å². The standard InChI is InChI=1S/C10H15N5O/c11-5-10-7-15(14-13-10)3-2-12-6-9-1-4-16-8-9/h1,4,7-8,12H,2-3,5-6,11H2. The van der Waals surface area contributed by atoms with E-state index in [1.165, 1.54) is 0 Å². The lowest BCUT2D eigenvalue weighted by Gasteiger charge is -2.02. The summed E-state index contributed by atoms with van der Waals surface area (Å²) in [7, 11) is 0. The van der Waals surface area contributed by atoms with Crippen LogP contribution in [0.3, 0.4) is 0 Å². The van der Waals surface area contributed by atoms with Gasteiger partial charge in [0, 0.05) is 31.4 Å². The predicted molar refractivity (Wildman–Crippen MR) is 58.3 cm³/mol. The van der Waals surface area contributed by atoms with Crippen molar-refractivity contribution in [2.75, 3.05) is 6.54 Å². The maximum Gasteiger partial charge on any atom is 0.0962 e. The molecular weight excluding hydrogens is 206 g/mol. The zero-order valence-corrected chi connectivity index (χ0v) is 8.97. The monoisotopic (exact) mass is 221 g/mol. The molecule has 0 fully saturated rings. The largest absolute Gasteiger partial charge is 0.472 e. The molecule has 2 aromatic heterocycles. The van der Waals surface area contributed by atoms with Gasteiger partial charge in [-0.25, -0.2) is 0 Å². The van der Waals surface area contributed by atoms with Crippen LogP contribution in [0, 0.1) is 0 Å². The molecule has 6 heteroatoms. The Morgan fingerprint density at radius 2 is 2.44 bits per heavy atom. The highest BCUT2D eigenvalue weighted by molar-refractivity contribution is 5.04. The van der Waals surface area contributed by atoms with Crippen LogP contribution in [0.25, 0.3) is 0 Å². The van der Waals surface area contributed by atoms with Crippen molar-refractivity contribution >= 4 is 0 Å². The molecule has 0 saturated heterocycles. The molecule has 0 aliphatic rings. The van der Waals surface area contributed by atoms with Crippen molar-refractivity contribution < 1.29 is 4.42 Å². The van der Waals surface area contributed by atoms with Crippen molar-refractivity contribution in [3.8, 4) is 0 Å². The minimum Gasteiger partial charge on any atom is -0.472 e. The highest BCUT2D eigenvalue weighted by Crippen LogP contribution is 1.98. The quantitative estimate of drug-likeness (QED) is 0.677. The van der Waals surface area contributed by atoms with E-state index in [2.05, 4.69) is 15.6 Å². The third-order valence-electron chi connectivity index (χ3n) is 2.22. The van der Waals surface area contributed by atoms with E-state index in [0.717, 1.165) is 30.9 Å². The van der Waals surface area contributed by atoms with Gasteiger partial charge >= 0.3 is 0 Å². The fourth-order valence-corrected chi connectivity index (χ4v) is 1.36. The van der Waals surface area contributed by atoms with E-state index < -0.39 is 0 Å². The van der Waals surface area contributed by atoms with Gasteiger partial charge in [0.25, 0.3) is 0 Å². The summed E-state index contributed by atoms with van der Waals surface area (Å²) < 4.78 is 6.75. The number of nitrogens with one attached hydrogen (secondary N) is 1. The van der Waals surface area contributed by atoms with E-state index in [9.17, 15) is 0 Å². The minimum absolute atomic E-state index is 0.433. The van der Waals surface area contributed by atoms with Gasteiger partial charge in [-0.3, -0.25) is 4.68 Å². The molecule has 0 bridgehead atoms. The molecule has 0 saturated carbocycles. The Morgan fingerprint density at radius 3 is 3.12 bits per heavy atom. The lowest BCUT2D eigenvalue weighted by atomic mass is 10.3. The molecule has 0 radical (unpaired) electrons. The summed E-state index contributed by atoms with van der Waals surface area (Å²) in [6.07, 6.45) is 5.26. The average Bonchev–Trinajstić information content (AvgIpc) is 2.95. The Balaban J connectivity index is 1.68. The molecule has 0 aliphatic carbocycles. The summed E-state index contributed by atoms with van der Waals surface area (Å²) in [6.45, 7) is 2.85. The van der Waals surface area contributed by atoms with Crippen LogP contribution in [-0.2, 0) is 19.6 Å². The van der Waals surface area contributed by atoms with Crippen LogP contribution in [-0.4, -0.2) is 21.5 Å². The summed E-state index contributed by atoms with van der Waals surface area (Å²) in [4.78, 5) is 0. The van der Waals surface area contributed by atoms with E-state index >= 15 is 0 Å². The van der Waals surface area contributed by atoms with Crippen molar-refractivity contribution in [3.05, 3.63) is 36.0 Å².